The summed E-state index contributed by atoms with van der Waals surface area (Å²) >= 11 is 0. The van der Waals surface area contributed by atoms with Crippen LogP contribution < -0.4 is 21.7 Å². The number of ether oxygens (including phenoxy) is 2. The highest BCUT2D eigenvalue weighted by Crippen LogP contribution is 2.42. The predicted molar refractivity (Wildman–Crippen MR) is 306 cm³/mol. The summed E-state index contributed by atoms with van der Waals surface area (Å²) in [7, 11) is 7.12. The Bertz CT molecular complexity index is 2690. The van der Waals surface area contributed by atoms with E-state index in [9.17, 15) is 24.0 Å². The molecule has 16 heteroatoms. The number of nitrogens with one attached hydrogen (secondary N) is 3. The normalized spacial score (nSPS) is 13.4. The third kappa shape index (κ3) is 20.7. The van der Waals surface area contributed by atoms with E-state index in [0.717, 1.165) is 89.5 Å². The van der Waals surface area contributed by atoms with E-state index in [1.807, 2.05) is 75.7 Å². The number of aldehydes is 4. The van der Waals surface area contributed by atoms with Gasteiger partial charge < -0.3 is 60.1 Å². The highest BCUT2D eigenvalue weighted by Gasteiger charge is 2.28. The standard InChI is InChI=1S/C32H28N4O.C21H33N3O6.C6H12O.C2H7N/c33-31-29-28(26-16-7-4-8-17-26)30(27-18-9-5-10-19-27)36(32(29)35-23-34-31)22-25-15-12-14-24(21-25)13-6-2-1-3-11-20-37;1-22-8-11-29-13-14-30-12-9-23-20-7-3-6-18(19(20)16-27)21(28)24(2)17(15-26)5-4-10-25;7-6-4-2-1-3-5-6;1-3-2/h4-5,7-10,12,14-21,23H,1-3,11,22H2,(H2,33,34,35);7,10,15-17,22-23H,3-6,8-9,11-14H2,1-2H3;6-7H,1-5H2;3H,1-2H3. The van der Waals surface area contributed by atoms with Gasteiger partial charge in [-0.05, 0) is 94.9 Å². The number of nitrogens with two attached hydrogens (primary N) is 1. The van der Waals surface area contributed by atoms with E-state index in [-0.39, 0.29) is 24.9 Å². The number of aliphatic hydroxyl groups is 1. The van der Waals surface area contributed by atoms with Gasteiger partial charge in [-0.15, -0.1) is 0 Å². The first-order valence-electron chi connectivity index (χ1n) is 26.8. The molecule has 16 nitrogen and oxygen atoms in total. The van der Waals surface area contributed by atoms with Gasteiger partial charge in [0.15, 0.2) is 6.29 Å². The van der Waals surface area contributed by atoms with Crippen LogP contribution in [0.1, 0.15) is 94.6 Å². The summed E-state index contributed by atoms with van der Waals surface area (Å²) in [5.74, 6) is 6.61. The number of aliphatic hydroxyl groups excluding tert-OH is 1. The Balaban J connectivity index is 0.000000286. The minimum Gasteiger partial charge on any atom is -0.393 e. The fourth-order valence-electron chi connectivity index (χ4n) is 8.75. The van der Waals surface area contributed by atoms with Crippen molar-refractivity contribution in [1.82, 2.24) is 35.4 Å². The van der Waals surface area contributed by atoms with Gasteiger partial charge in [-0.3, -0.25) is 9.59 Å². The molecule has 1 saturated carbocycles. The van der Waals surface area contributed by atoms with Gasteiger partial charge in [0, 0.05) is 73.9 Å². The number of rotatable bonds is 25. The Hall–Kier alpha value is -7.13. The molecule has 1 fully saturated rings. The molecule has 0 spiro atoms. The van der Waals surface area contributed by atoms with Crippen molar-refractivity contribution in [1.29, 1.82) is 0 Å². The summed E-state index contributed by atoms with van der Waals surface area (Å²) in [4.78, 5) is 67.3. The van der Waals surface area contributed by atoms with E-state index >= 15 is 0 Å². The molecule has 2 aromatic heterocycles. The lowest BCUT2D eigenvalue weighted by Gasteiger charge is -2.27. The smallest absolute Gasteiger partial charge is 0.250 e. The Morgan fingerprint density at radius 1 is 0.857 bits per heavy atom. The first-order valence-corrected chi connectivity index (χ1v) is 26.8. The van der Waals surface area contributed by atoms with E-state index in [1.54, 1.807) is 0 Å². The number of hydrogen-bond donors (Lipinski definition) is 5. The molecule has 0 aliphatic heterocycles. The molecular formula is C61H80N8O8. The van der Waals surface area contributed by atoms with Crippen molar-refractivity contribution in [3.63, 3.8) is 0 Å². The molecule has 1 atom stereocenters. The predicted octanol–water partition coefficient (Wildman–Crippen LogP) is 7.66. The zero-order chi connectivity index (χ0) is 55.5. The summed E-state index contributed by atoms with van der Waals surface area (Å²) in [6.45, 7) is 3.93. The van der Waals surface area contributed by atoms with Crippen molar-refractivity contribution in [2.45, 2.75) is 102 Å². The number of carbonyl (C=O) groups is 5. The molecule has 5 aromatic rings. The van der Waals surface area contributed by atoms with E-state index in [4.69, 9.17) is 25.3 Å². The third-order valence-electron chi connectivity index (χ3n) is 12.6. The molecule has 0 bridgehead atoms. The summed E-state index contributed by atoms with van der Waals surface area (Å²) < 4.78 is 13.1. The number of hydrogen-bond acceptors (Lipinski definition) is 14. The van der Waals surface area contributed by atoms with Crippen LogP contribution in [0.15, 0.2) is 114 Å². The highest BCUT2D eigenvalue weighted by atomic mass is 16.5. The van der Waals surface area contributed by atoms with Gasteiger partial charge in [0.2, 0.25) is 0 Å². The number of fused-ring (bicyclic) bond motifs is 1. The van der Waals surface area contributed by atoms with Crippen LogP contribution in [0.5, 0.6) is 0 Å². The maximum absolute atomic E-state index is 12.9. The second-order valence-electron chi connectivity index (χ2n) is 18.5. The molecule has 412 valence electrons. The lowest BCUT2D eigenvalue weighted by atomic mass is 9.94. The Morgan fingerprint density at radius 3 is 2.16 bits per heavy atom. The molecule has 0 radical (unpaired) electrons. The first kappa shape index (κ1) is 62.4. The number of likely N-dealkylation sites (N-methyl/N-ethyl adjacent to an activating group) is 2. The first-order chi connectivity index (χ1) is 37.7. The Kier molecular flexibility index (Phi) is 29.8. The average molecular weight is 1050 g/mol. The molecule has 2 heterocycles. The lowest BCUT2D eigenvalue weighted by molar-refractivity contribution is -0.132. The minimum atomic E-state index is -0.700. The minimum absolute atomic E-state index is 0.0359. The van der Waals surface area contributed by atoms with E-state index in [0.29, 0.717) is 100 Å². The van der Waals surface area contributed by atoms with Crippen LogP contribution in [0.4, 0.5) is 5.82 Å². The largest absolute Gasteiger partial charge is 0.393 e. The van der Waals surface area contributed by atoms with Gasteiger partial charge in [-0.25, -0.2) is 9.97 Å². The average Bonchev–Trinajstić information content (AvgIpc) is 3.79. The fourth-order valence-corrected chi connectivity index (χ4v) is 8.75. The molecule has 2 aliphatic rings. The van der Waals surface area contributed by atoms with Crippen molar-refractivity contribution in [2.75, 3.05) is 73.4 Å². The van der Waals surface area contributed by atoms with E-state index < -0.39 is 6.04 Å². The number of nitrogen functional groups attached to an aromatic ring is 1. The number of anilines is 1. The summed E-state index contributed by atoms with van der Waals surface area (Å²) in [6, 6.07) is 28.3. The second-order valence-corrected chi connectivity index (χ2v) is 18.5. The van der Waals surface area contributed by atoms with Crippen LogP contribution in [0.25, 0.3) is 33.4 Å². The zero-order valence-electron chi connectivity index (χ0n) is 45.5. The Morgan fingerprint density at radius 2 is 1.53 bits per heavy atom. The number of benzene rings is 3. The number of carbonyl (C=O) groups excluding carboxylic acids is 5. The molecule has 3 aromatic carbocycles. The fraction of sp³-hybridized carbons (Fsp3) is 0.426. The van der Waals surface area contributed by atoms with Crippen LogP contribution >= 0.6 is 0 Å². The molecular weight excluding hydrogens is 973 g/mol. The number of unbranched alkanes of at least 4 members (excludes halogenated alkanes) is 3. The van der Waals surface area contributed by atoms with Gasteiger partial charge >= 0.3 is 0 Å². The number of amides is 1. The summed E-state index contributed by atoms with van der Waals surface area (Å²) in [5, 5.41) is 18.7. The van der Waals surface area contributed by atoms with Crippen molar-refractivity contribution in [3.05, 3.63) is 125 Å². The van der Waals surface area contributed by atoms with Gasteiger partial charge in [-0.1, -0.05) is 110 Å². The Labute approximate surface area is 455 Å². The van der Waals surface area contributed by atoms with Gasteiger partial charge in [-0.2, -0.15) is 0 Å². The van der Waals surface area contributed by atoms with E-state index in [2.05, 4.69) is 73.7 Å². The topological polar surface area (TPSA) is 220 Å². The number of nitrogens with zero attached hydrogens (tertiary/aromatic N) is 4. The quantitative estimate of drug-likeness (QED) is 0.0215. The van der Waals surface area contributed by atoms with Crippen LogP contribution in [-0.4, -0.2) is 135 Å². The third-order valence-corrected chi connectivity index (χ3v) is 12.6. The molecule has 77 heavy (non-hydrogen) atoms. The molecule has 1 unspecified atom stereocenters. The molecule has 0 saturated heterocycles. The SMILES string of the molecule is CNC.CNCCOCCOCCNC1=CCCC(C(=O)N(C)C(C=O)CCC=O)=C1C=O.Nc1ncnc2c1c(-c1ccccc1)c(-c1ccccc1)n2Cc1cccc(C#CCCCCC=O)c1.OC1CCCCC1. The van der Waals surface area contributed by atoms with Crippen molar-refractivity contribution >= 4 is 47.9 Å². The lowest BCUT2D eigenvalue weighted by Crippen LogP contribution is -2.40. The van der Waals surface area contributed by atoms with Crippen LogP contribution in [0.3, 0.4) is 0 Å². The zero-order valence-corrected chi connectivity index (χ0v) is 45.5. The maximum atomic E-state index is 12.9. The number of aromatic nitrogens is 3. The van der Waals surface area contributed by atoms with E-state index in [1.165, 1.54) is 37.5 Å². The monoisotopic (exact) mass is 1050 g/mol. The molecule has 1 amide bonds. The maximum Gasteiger partial charge on any atom is 0.250 e. The molecule has 2 aliphatic carbocycles. The van der Waals surface area contributed by atoms with Gasteiger partial charge in [0.1, 0.15) is 36.7 Å². The van der Waals surface area contributed by atoms with Gasteiger partial charge in [0.25, 0.3) is 5.91 Å². The molecule has 7 rings (SSSR count). The number of allylic oxidation sites excluding steroid dienone is 2. The molecule has 6 N–H and O–H groups in total. The van der Waals surface area contributed by atoms with Crippen molar-refractivity contribution < 1.29 is 38.6 Å². The summed E-state index contributed by atoms with van der Waals surface area (Å²) in [6.07, 6.45) is 17.0. The second kappa shape index (κ2) is 36.8. The van der Waals surface area contributed by atoms with Crippen molar-refractivity contribution in [3.8, 4) is 34.2 Å². The summed E-state index contributed by atoms with van der Waals surface area (Å²) in [5.41, 5.74) is 14.9. The van der Waals surface area contributed by atoms with Crippen LogP contribution in [0.2, 0.25) is 0 Å². The van der Waals surface area contributed by atoms with Crippen molar-refractivity contribution in [2.24, 2.45) is 0 Å². The van der Waals surface area contributed by atoms with Crippen LogP contribution in [0, 0.1) is 11.8 Å². The highest BCUT2D eigenvalue weighted by molar-refractivity contribution is 6.08. The van der Waals surface area contributed by atoms with Crippen LogP contribution in [-0.2, 0) is 40.0 Å². The van der Waals surface area contributed by atoms with Gasteiger partial charge in [0.05, 0.1) is 49.7 Å².